The molecule has 0 atom stereocenters. The molecule has 1 aliphatic heterocycles. The molecule has 1 aromatic carbocycles. The monoisotopic (exact) mass is 403 g/mol. The fourth-order valence-electron chi connectivity index (χ4n) is 3.56. The minimum Gasteiger partial charge on any atom is -0.365 e. The highest BCUT2D eigenvalue weighted by molar-refractivity contribution is 7.20. The van der Waals surface area contributed by atoms with Crippen LogP contribution in [-0.4, -0.2) is 51.8 Å². The zero-order chi connectivity index (χ0) is 19.1. The summed E-state index contributed by atoms with van der Waals surface area (Å²) in [6.07, 6.45) is 0.550. The highest BCUT2D eigenvalue weighted by atomic mass is 35.5. The number of nitrogens with zero attached hydrogens (tertiary/aromatic N) is 5. The van der Waals surface area contributed by atoms with E-state index >= 15 is 0 Å². The molecule has 0 aliphatic carbocycles. The van der Waals surface area contributed by atoms with Gasteiger partial charge in [-0.1, -0.05) is 29.9 Å². The van der Waals surface area contributed by atoms with E-state index in [0.29, 0.717) is 24.5 Å². The topological polar surface area (TPSA) is 54.3 Å². The van der Waals surface area contributed by atoms with Gasteiger partial charge in [-0.25, -0.2) is 9.67 Å². The van der Waals surface area contributed by atoms with Gasteiger partial charge in [0.25, 0.3) is 0 Å². The maximum absolute atomic E-state index is 11.9. The van der Waals surface area contributed by atoms with Crippen molar-refractivity contribution in [2.24, 2.45) is 0 Å². The minimum absolute atomic E-state index is 0.208. The van der Waals surface area contributed by atoms with Crippen molar-refractivity contribution >= 4 is 44.7 Å². The first kappa shape index (κ1) is 18.3. The lowest BCUT2D eigenvalue weighted by Gasteiger charge is -2.36. The highest BCUT2D eigenvalue weighted by Crippen LogP contribution is 2.38. The molecule has 0 radical (unpaired) electrons. The standard InChI is InChI=1S/C19H22ClN5OS/c1-4-16(26)23-7-9-24(10-8-23)18-14(20)5-6-15-17(18)21-19(27-15)25-13(3)11-12(2)22-25/h5-6,11H,4,7-10H2,1-3H3. The van der Waals surface area contributed by atoms with Gasteiger partial charge in [-0.05, 0) is 32.0 Å². The Balaban J connectivity index is 1.70. The van der Waals surface area contributed by atoms with Crippen LogP contribution in [0.1, 0.15) is 24.7 Å². The lowest BCUT2D eigenvalue weighted by molar-refractivity contribution is -0.131. The molecule has 142 valence electrons. The molecule has 3 heterocycles. The number of fused-ring (bicyclic) bond motifs is 1. The molecule has 0 unspecified atom stereocenters. The Labute approximate surface area is 167 Å². The summed E-state index contributed by atoms with van der Waals surface area (Å²) < 4.78 is 2.97. The van der Waals surface area contributed by atoms with Crippen molar-refractivity contribution in [2.75, 3.05) is 31.1 Å². The zero-order valence-corrected chi connectivity index (χ0v) is 17.3. The van der Waals surface area contributed by atoms with Gasteiger partial charge in [0.1, 0.15) is 5.52 Å². The smallest absolute Gasteiger partial charge is 0.222 e. The first-order chi connectivity index (χ1) is 13.0. The minimum atomic E-state index is 0.208. The summed E-state index contributed by atoms with van der Waals surface area (Å²) in [4.78, 5) is 21.0. The number of amides is 1. The van der Waals surface area contributed by atoms with E-state index in [0.717, 1.165) is 45.5 Å². The number of benzene rings is 1. The van der Waals surface area contributed by atoms with E-state index in [1.807, 2.05) is 48.6 Å². The van der Waals surface area contributed by atoms with Crippen LogP contribution in [0.4, 0.5) is 5.69 Å². The van der Waals surface area contributed by atoms with E-state index in [-0.39, 0.29) is 5.91 Å². The molecular formula is C19H22ClN5OS. The average molecular weight is 404 g/mol. The lowest BCUT2D eigenvalue weighted by Crippen LogP contribution is -2.48. The molecular weight excluding hydrogens is 382 g/mol. The SMILES string of the molecule is CCC(=O)N1CCN(c2c(Cl)ccc3sc(-n4nc(C)cc4C)nc23)CC1. The molecule has 6 nitrogen and oxygen atoms in total. The van der Waals surface area contributed by atoms with E-state index in [2.05, 4.69) is 10.00 Å². The van der Waals surface area contributed by atoms with Crippen LogP contribution in [0.2, 0.25) is 5.02 Å². The number of halogens is 1. The summed E-state index contributed by atoms with van der Waals surface area (Å²) in [6, 6.07) is 6.00. The van der Waals surface area contributed by atoms with Crippen molar-refractivity contribution in [3.05, 3.63) is 34.6 Å². The molecule has 8 heteroatoms. The van der Waals surface area contributed by atoms with Gasteiger partial charge in [0.2, 0.25) is 11.0 Å². The van der Waals surface area contributed by atoms with E-state index in [1.54, 1.807) is 11.3 Å². The summed E-state index contributed by atoms with van der Waals surface area (Å²) in [7, 11) is 0. The first-order valence-corrected chi connectivity index (χ1v) is 10.3. The quantitative estimate of drug-likeness (QED) is 0.667. The largest absolute Gasteiger partial charge is 0.365 e. The lowest BCUT2D eigenvalue weighted by atomic mass is 10.2. The average Bonchev–Trinajstić information content (AvgIpc) is 3.23. The van der Waals surface area contributed by atoms with Crippen molar-refractivity contribution < 1.29 is 4.79 Å². The van der Waals surface area contributed by atoms with Gasteiger partial charge in [0, 0.05) is 38.3 Å². The summed E-state index contributed by atoms with van der Waals surface area (Å²) in [6.45, 7) is 8.87. The van der Waals surface area contributed by atoms with Gasteiger partial charge >= 0.3 is 0 Å². The fraction of sp³-hybridized carbons (Fsp3) is 0.421. The second kappa shape index (κ2) is 7.13. The number of piperazine rings is 1. The normalized spacial score (nSPS) is 15.0. The number of hydrogen-bond acceptors (Lipinski definition) is 5. The summed E-state index contributed by atoms with van der Waals surface area (Å²) in [5.74, 6) is 0.208. The van der Waals surface area contributed by atoms with Gasteiger partial charge < -0.3 is 9.80 Å². The van der Waals surface area contributed by atoms with Gasteiger partial charge in [0.05, 0.1) is 21.1 Å². The van der Waals surface area contributed by atoms with Crippen LogP contribution in [-0.2, 0) is 4.79 Å². The molecule has 27 heavy (non-hydrogen) atoms. The van der Waals surface area contributed by atoms with Crippen LogP contribution >= 0.6 is 22.9 Å². The zero-order valence-electron chi connectivity index (χ0n) is 15.7. The molecule has 0 N–H and O–H groups in total. The Morgan fingerprint density at radius 3 is 2.59 bits per heavy atom. The third-order valence-electron chi connectivity index (χ3n) is 4.92. The predicted octanol–water partition coefficient (Wildman–Crippen LogP) is 3.81. The summed E-state index contributed by atoms with van der Waals surface area (Å²) in [5.41, 5.74) is 3.90. The molecule has 1 amide bonds. The van der Waals surface area contributed by atoms with Gasteiger partial charge in [-0.2, -0.15) is 5.10 Å². The molecule has 1 fully saturated rings. The van der Waals surface area contributed by atoms with Crippen molar-refractivity contribution in [2.45, 2.75) is 27.2 Å². The van der Waals surface area contributed by atoms with Crippen molar-refractivity contribution in [3.8, 4) is 5.13 Å². The first-order valence-electron chi connectivity index (χ1n) is 9.13. The summed E-state index contributed by atoms with van der Waals surface area (Å²) >= 11 is 8.19. The Morgan fingerprint density at radius 1 is 1.22 bits per heavy atom. The Morgan fingerprint density at radius 2 is 1.96 bits per heavy atom. The van der Waals surface area contributed by atoms with Crippen LogP contribution in [0.3, 0.4) is 0 Å². The number of aromatic nitrogens is 3. The number of thiazole rings is 1. The molecule has 0 spiro atoms. The Bertz CT molecular complexity index is 1000. The van der Waals surface area contributed by atoms with Gasteiger partial charge in [-0.15, -0.1) is 0 Å². The molecule has 1 saturated heterocycles. The van der Waals surface area contributed by atoms with E-state index in [9.17, 15) is 4.79 Å². The number of hydrogen-bond donors (Lipinski definition) is 0. The van der Waals surface area contributed by atoms with Crippen LogP contribution in [0.15, 0.2) is 18.2 Å². The summed E-state index contributed by atoms with van der Waals surface area (Å²) in [5, 5.41) is 6.10. The maximum atomic E-state index is 11.9. The molecule has 0 bridgehead atoms. The van der Waals surface area contributed by atoms with Crippen molar-refractivity contribution in [1.29, 1.82) is 0 Å². The third kappa shape index (κ3) is 3.30. The molecule has 1 aliphatic rings. The van der Waals surface area contributed by atoms with E-state index < -0.39 is 0 Å². The second-order valence-corrected chi connectivity index (χ2v) is 8.22. The number of carbonyl (C=O) groups excluding carboxylic acids is 1. The number of anilines is 1. The van der Waals surface area contributed by atoms with Crippen molar-refractivity contribution in [1.82, 2.24) is 19.7 Å². The second-order valence-electron chi connectivity index (χ2n) is 6.80. The molecule has 4 rings (SSSR count). The molecule has 2 aromatic heterocycles. The van der Waals surface area contributed by atoms with Crippen LogP contribution in [0.5, 0.6) is 0 Å². The maximum Gasteiger partial charge on any atom is 0.222 e. The van der Waals surface area contributed by atoms with Crippen LogP contribution < -0.4 is 4.90 Å². The predicted molar refractivity (Wildman–Crippen MR) is 110 cm³/mol. The van der Waals surface area contributed by atoms with Crippen LogP contribution in [0, 0.1) is 13.8 Å². The molecule has 0 saturated carbocycles. The highest BCUT2D eigenvalue weighted by Gasteiger charge is 2.24. The fourth-order valence-corrected chi connectivity index (χ4v) is 4.81. The van der Waals surface area contributed by atoms with E-state index in [1.165, 1.54) is 0 Å². The number of aryl methyl sites for hydroxylation is 2. The molecule has 3 aromatic rings. The van der Waals surface area contributed by atoms with Crippen LogP contribution in [0.25, 0.3) is 15.3 Å². The van der Waals surface area contributed by atoms with Gasteiger partial charge in [0.15, 0.2) is 0 Å². The number of carbonyl (C=O) groups is 1. The number of rotatable bonds is 3. The van der Waals surface area contributed by atoms with Crippen molar-refractivity contribution in [3.63, 3.8) is 0 Å². The van der Waals surface area contributed by atoms with E-state index in [4.69, 9.17) is 16.6 Å². The van der Waals surface area contributed by atoms with Gasteiger partial charge in [-0.3, -0.25) is 4.79 Å². The Hall–Kier alpha value is -2.12. The Kier molecular flexibility index (Phi) is 4.82. The third-order valence-corrected chi connectivity index (χ3v) is 6.22.